The normalized spacial score (nSPS) is 20.8. The Bertz CT molecular complexity index is 122. The minimum Gasteiger partial charge on any atom is -0.396 e. The molecular weight excluding hydrogens is 164 g/mol. The van der Waals surface area contributed by atoms with Crippen molar-refractivity contribution in [3.05, 3.63) is 0 Å². The average molecular weight is 186 g/mol. The molecule has 0 atom stereocenters. The van der Waals surface area contributed by atoms with Gasteiger partial charge < -0.3 is 15.3 Å². The molecule has 78 valence electrons. The highest BCUT2D eigenvalue weighted by Crippen LogP contribution is 2.14. The predicted molar refractivity (Wildman–Crippen MR) is 54.8 cm³/mol. The number of piperidine rings is 1. The molecule has 13 heavy (non-hydrogen) atoms. The largest absolute Gasteiger partial charge is 0.396 e. The highest BCUT2D eigenvalue weighted by Gasteiger charge is 2.15. The van der Waals surface area contributed by atoms with E-state index in [-0.39, 0.29) is 0 Å². The SMILES string of the molecule is CN1CCC(CNCCCO)CC1. The van der Waals surface area contributed by atoms with E-state index in [4.69, 9.17) is 5.11 Å². The number of aliphatic hydroxyl groups is 1. The topological polar surface area (TPSA) is 35.5 Å². The molecule has 0 aliphatic carbocycles. The van der Waals surface area contributed by atoms with Crippen molar-refractivity contribution in [1.82, 2.24) is 10.2 Å². The van der Waals surface area contributed by atoms with Crippen molar-refractivity contribution >= 4 is 0 Å². The molecule has 0 unspecified atom stereocenters. The lowest BCUT2D eigenvalue weighted by atomic mass is 9.97. The lowest BCUT2D eigenvalue weighted by molar-refractivity contribution is 0.214. The molecule has 3 nitrogen and oxygen atoms in total. The first-order valence-corrected chi connectivity index (χ1v) is 5.33. The van der Waals surface area contributed by atoms with Gasteiger partial charge in [-0.3, -0.25) is 0 Å². The lowest BCUT2D eigenvalue weighted by Crippen LogP contribution is -2.35. The summed E-state index contributed by atoms with van der Waals surface area (Å²) in [5.74, 6) is 0.856. The van der Waals surface area contributed by atoms with Crippen LogP contribution in [-0.2, 0) is 0 Å². The number of hydrogen-bond donors (Lipinski definition) is 2. The molecule has 0 radical (unpaired) electrons. The molecule has 1 rings (SSSR count). The summed E-state index contributed by atoms with van der Waals surface area (Å²) in [6, 6.07) is 0. The molecule has 0 saturated carbocycles. The number of hydrogen-bond acceptors (Lipinski definition) is 3. The number of rotatable bonds is 5. The molecule has 0 amide bonds. The first-order chi connectivity index (χ1) is 6.33. The van der Waals surface area contributed by atoms with Crippen LogP contribution in [0.4, 0.5) is 0 Å². The third-order valence-electron chi connectivity index (χ3n) is 2.78. The first kappa shape index (κ1) is 11.0. The molecule has 0 aromatic rings. The smallest absolute Gasteiger partial charge is 0.0443 e. The predicted octanol–water partition coefficient (Wildman–Crippen LogP) is 0.300. The van der Waals surface area contributed by atoms with Crippen LogP contribution >= 0.6 is 0 Å². The highest BCUT2D eigenvalue weighted by atomic mass is 16.3. The minimum absolute atomic E-state index is 0.306. The Balaban J connectivity index is 1.96. The Morgan fingerprint density at radius 3 is 2.69 bits per heavy atom. The summed E-state index contributed by atoms with van der Waals surface area (Å²) in [6.45, 7) is 4.88. The fraction of sp³-hybridized carbons (Fsp3) is 1.00. The molecule has 0 aromatic heterocycles. The van der Waals surface area contributed by atoms with Crippen LogP contribution < -0.4 is 5.32 Å². The summed E-state index contributed by atoms with van der Waals surface area (Å²) in [5.41, 5.74) is 0. The number of aliphatic hydroxyl groups excluding tert-OH is 1. The third-order valence-corrected chi connectivity index (χ3v) is 2.78. The van der Waals surface area contributed by atoms with Crippen molar-refractivity contribution in [2.75, 3.05) is 39.8 Å². The summed E-state index contributed by atoms with van der Waals surface area (Å²) >= 11 is 0. The van der Waals surface area contributed by atoms with Gasteiger partial charge in [-0.25, -0.2) is 0 Å². The summed E-state index contributed by atoms with van der Waals surface area (Å²) < 4.78 is 0. The molecule has 0 bridgehead atoms. The standard InChI is InChI=1S/C10H22N2O/c1-12-6-3-10(4-7-12)9-11-5-2-8-13/h10-11,13H,2-9H2,1H3. The Morgan fingerprint density at radius 1 is 1.38 bits per heavy atom. The second kappa shape index (κ2) is 6.35. The maximum Gasteiger partial charge on any atom is 0.0443 e. The van der Waals surface area contributed by atoms with Gasteiger partial charge in [0, 0.05) is 6.61 Å². The van der Waals surface area contributed by atoms with Crippen molar-refractivity contribution < 1.29 is 5.11 Å². The maximum atomic E-state index is 8.59. The minimum atomic E-state index is 0.306. The van der Waals surface area contributed by atoms with Crippen LogP contribution in [0.5, 0.6) is 0 Å². The van der Waals surface area contributed by atoms with Gasteiger partial charge in [-0.15, -0.1) is 0 Å². The first-order valence-electron chi connectivity index (χ1n) is 5.33. The van der Waals surface area contributed by atoms with E-state index in [1.807, 2.05) is 0 Å². The van der Waals surface area contributed by atoms with E-state index in [1.165, 1.54) is 25.9 Å². The monoisotopic (exact) mass is 186 g/mol. The molecule has 1 fully saturated rings. The summed E-state index contributed by atoms with van der Waals surface area (Å²) in [7, 11) is 2.19. The molecule has 1 saturated heterocycles. The van der Waals surface area contributed by atoms with Crippen LogP contribution in [0.2, 0.25) is 0 Å². The van der Waals surface area contributed by atoms with Gasteiger partial charge in [0.1, 0.15) is 0 Å². The van der Waals surface area contributed by atoms with E-state index in [9.17, 15) is 0 Å². The van der Waals surface area contributed by atoms with E-state index < -0.39 is 0 Å². The lowest BCUT2D eigenvalue weighted by Gasteiger charge is -2.29. The van der Waals surface area contributed by atoms with Crippen molar-refractivity contribution in [1.29, 1.82) is 0 Å². The van der Waals surface area contributed by atoms with Gasteiger partial charge in [0.05, 0.1) is 0 Å². The van der Waals surface area contributed by atoms with Crippen molar-refractivity contribution in [3.8, 4) is 0 Å². The molecule has 1 aliphatic rings. The van der Waals surface area contributed by atoms with Crippen molar-refractivity contribution in [2.45, 2.75) is 19.3 Å². The summed E-state index contributed by atoms with van der Waals surface area (Å²) in [6.07, 6.45) is 3.53. The van der Waals surface area contributed by atoms with Crippen LogP contribution in [-0.4, -0.2) is 49.8 Å². The Hall–Kier alpha value is -0.120. The number of nitrogens with one attached hydrogen (secondary N) is 1. The third kappa shape index (κ3) is 4.60. The average Bonchev–Trinajstić information content (AvgIpc) is 2.15. The Morgan fingerprint density at radius 2 is 2.08 bits per heavy atom. The van der Waals surface area contributed by atoms with Gasteiger partial charge in [-0.05, 0) is 58.4 Å². The summed E-state index contributed by atoms with van der Waals surface area (Å²) in [4.78, 5) is 2.39. The fourth-order valence-electron chi connectivity index (χ4n) is 1.78. The molecule has 0 spiro atoms. The van der Waals surface area contributed by atoms with Crippen LogP contribution in [0.15, 0.2) is 0 Å². The van der Waals surface area contributed by atoms with E-state index in [2.05, 4.69) is 17.3 Å². The van der Waals surface area contributed by atoms with Gasteiger partial charge in [-0.1, -0.05) is 0 Å². The quantitative estimate of drug-likeness (QED) is 0.606. The van der Waals surface area contributed by atoms with Crippen LogP contribution in [0.25, 0.3) is 0 Å². The van der Waals surface area contributed by atoms with Gasteiger partial charge in [-0.2, -0.15) is 0 Å². The van der Waals surface area contributed by atoms with Gasteiger partial charge >= 0.3 is 0 Å². The highest BCUT2D eigenvalue weighted by molar-refractivity contribution is 4.71. The van der Waals surface area contributed by atoms with E-state index in [1.54, 1.807) is 0 Å². The molecule has 1 heterocycles. The molecule has 3 heteroatoms. The maximum absolute atomic E-state index is 8.59. The van der Waals surface area contributed by atoms with Gasteiger partial charge in [0.15, 0.2) is 0 Å². The van der Waals surface area contributed by atoms with Gasteiger partial charge in [0.25, 0.3) is 0 Å². The Kier molecular flexibility index (Phi) is 5.35. The van der Waals surface area contributed by atoms with Gasteiger partial charge in [0.2, 0.25) is 0 Å². The van der Waals surface area contributed by atoms with E-state index >= 15 is 0 Å². The van der Waals surface area contributed by atoms with E-state index in [0.717, 1.165) is 25.4 Å². The second-order valence-corrected chi connectivity index (χ2v) is 4.03. The van der Waals surface area contributed by atoms with Crippen LogP contribution in [0.1, 0.15) is 19.3 Å². The zero-order chi connectivity index (χ0) is 9.52. The molecular formula is C10H22N2O. The number of likely N-dealkylation sites (tertiary alicyclic amines) is 1. The molecule has 0 aromatic carbocycles. The van der Waals surface area contributed by atoms with Crippen molar-refractivity contribution in [2.24, 2.45) is 5.92 Å². The summed E-state index contributed by atoms with van der Waals surface area (Å²) in [5, 5.41) is 12.0. The molecule has 2 N–H and O–H groups in total. The zero-order valence-corrected chi connectivity index (χ0v) is 8.63. The van der Waals surface area contributed by atoms with E-state index in [0.29, 0.717) is 6.61 Å². The molecule has 1 aliphatic heterocycles. The number of nitrogens with zero attached hydrogens (tertiary/aromatic N) is 1. The van der Waals surface area contributed by atoms with Crippen LogP contribution in [0.3, 0.4) is 0 Å². The Labute approximate surface area is 81.1 Å². The zero-order valence-electron chi connectivity index (χ0n) is 8.63. The van der Waals surface area contributed by atoms with Crippen molar-refractivity contribution in [3.63, 3.8) is 0 Å². The second-order valence-electron chi connectivity index (χ2n) is 4.03. The van der Waals surface area contributed by atoms with Crippen LogP contribution in [0, 0.1) is 5.92 Å². The fourth-order valence-corrected chi connectivity index (χ4v) is 1.78.